The molecule has 0 bridgehead atoms. The molecular weight excluding hydrogens is 392 g/mol. The number of anilines is 1. The SMILES string of the molecule is CCCCCCCCCCCCSCC(=O)Nc1nc(C)c(C(=O)OCC)s1. The number of ether oxygens (including phenoxy) is 1. The molecule has 1 heterocycles. The first kappa shape index (κ1) is 25.0. The Bertz CT molecular complexity index is 576. The number of hydrogen-bond donors (Lipinski definition) is 1. The van der Waals surface area contributed by atoms with Crippen molar-refractivity contribution in [2.75, 3.05) is 23.4 Å². The van der Waals surface area contributed by atoms with Crippen molar-refractivity contribution in [3.05, 3.63) is 10.6 Å². The lowest BCUT2D eigenvalue weighted by atomic mass is 10.1. The first-order valence-electron chi connectivity index (χ1n) is 10.6. The summed E-state index contributed by atoms with van der Waals surface area (Å²) in [5.41, 5.74) is 0.594. The van der Waals surface area contributed by atoms with Crippen molar-refractivity contribution < 1.29 is 14.3 Å². The van der Waals surface area contributed by atoms with E-state index in [0.29, 0.717) is 28.1 Å². The minimum absolute atomic E-state index is 0.0683. The van der Waals surface area contributed by atoms with E-state index in [1.54, 1.807) is 25.6 Å². The predicted molar refractivity (Wildman–Crippen MR) is 121 cm³/mol. The van der Waals surface area contributed by atoms with Gasteiger partial charge in [-0.05, 0) is 26.0 Å². The molecule has 0 aromatic carbocycles. The number of nitrogens with zero attached hydrogens (tertiary/aromatic N) is 1. The molecule has 0 saturated carbocycles. The maximum atomic E-state index is 12.0. The number of esters is 1. The average Bonchev–Trinajstić information content (AvgIpc) is 3.03. The van der Waals surface area contributed by atoms with Crippen LogP contribution in [0.25, 0.3) is 0 Å². The summed E-state index contributed by atoms with van der Waals surface area (Å²) in [7, 11) is 0. The Balaban J connectivity index is 2.05. The lowest BCUT2D eigenvalue weighted by Gasteiger charge is -2.03. The Morgan fingerprint density at radius 1 is 1.00 bits per heavy atom. The van der Waals surface area contributed by atoms with Crippen LogP contribution in [-0.2, 0) is 9.53 Å². The maximum Gasteiger partial charge on any atom is 0.350 e. The molecule has 0 saturated heterocycles. The van der Waals surface area contributed by atoms with Crippen LogP contribution < -0.4 is 5.32 Å². The molecule has 1 N–H and O–H groups in total. The lowest BCUT2D eigenvalue weighted by Crippen LogP contribution is -2.14. The molecule has 0 unspecified atom stereocenters. The molecule has 0 atom stereocenters. The van der Waals surface area contributed by atoms with Crippen molar-refractivity contribution in [3.8, 4) is 0 Å². The van der Waals surface area contributed by atoms with E-state index in [4.69, 9.17) is 4.74 Å². The van der Waals surface area contributed by atoms with Crippen LogP contribution in [0.4, 0.5) is 5.13 Å². The fraction of sp³-hybridized carbons (Fsp3) is 0.762. The zero-order chi connectivity index (χ0) is 20.6. The van der Waals surface area contributed by atoms with Crippen LogP contribution in [0.15, 0.2) is 0 Å². The molecule has 0 radical (unpaired) electrons. The van der Waals surface area contributed by atoms with Crippen molar-refractivity contribution >= 4 is 40.1 Å². The van der Waals surface area contributed by atoms with Crippen LogP contribution in [0.3, 0.4) is 0 Å². The van der Waals surface area contributed by atoms with Crippen molar-refractivity contribution in [1.82, 2.24) is 4.98 Å². The average molecular weight is 429 g/mol. The van der Waals surface area contributed by atoms with E-state index in [1.165, 1.54) is 69.1 Å². The number of thioether (sulfide) groups is 1. The summed E-state index contributed by atoms with van der Waals surface area (Å²) in [5, 5.41) is 3.24. The third kappa shape index (κ3) is 11.1. The first-order chi connectivity index (χ1) is 13.6. The minimum atomic E-state index is -0.381. The third-order valence-electron chi connectivity index (χ3n) is 4.38. The number of rotatable bonds is 16. The number of thiazole rings is 1. The molecule has 5 nitrogen and oxygen atoms in total. The molecule has 0 aliphatic heterocycles. The third-order valence-corrected chi connectivity index (χ3v) is 6.48. The highest BCUT2D eigenvalue weighted by molar-refractivity contribution is 7.99. The van der Waals surface area contributed by atoms with Crippen LogP contribution in [0.5, 0.6) is 0 Å². The standard InChI is InChI=1S/C21H36N2O3S2/c1-4-6-7-8-9-10-11-12-13-14-15-27-16-18(24)23-21-22-17(3)19(28-21)20(25)26-5-2/h4-16H2,1-3H3,(H,22,23,24). The van der Waals surface area contributed by atoms with Crippen molar-refractivity contribution in [3.63, 3.8) is 0 Å². The Hall–Kier alpha value is -1.08. The van der Waals surface area contributed by atoms with E-state index in [2.05, 4.69) is 17.2 Å². The van der Waals surface area contributed by atoms with Gasteiger partial charge in [0.1, 0.15) is 4.88 Å². The molecule has 1 rings (SSSR count). The molecule has 28 heavy (non-hydrogen) atoms. The Morgan fingerprint density at radius 2 is 1.61 bits per heavy atom. The molecular formula is C21H36N2O3S2. The van der Waals surface area contributed by atoms with Crippen LogP contribution >= 0.6 is 23.1 Å². The summed E-state index contributed by atoms with van der Waals surface area (Å²) in [6.45, 7) is 6.10. The van der Waals surface area contributed by atoms with Gasteiger partial charge in [-0.2, -0.15) is 11.8 Å². The van der Waals surface area contributed by atoms with Crippen molar-refractivity contribution in [2.24, 2.45) is 0 Å². The number of aryl methyl sites for hydroxylation is 1. The van der Waals surface area contributed by atoms with Crippen LogP contribution in [-0.4, -0.2) is 35.0 Å². The van der Waals surface area contributed by atoms with Gasteiger partial charge >= 0.3 is 5.97 Å². The molecule has 160 valence electrons. The normalized spacial score (nSPS) is 10.8. The summed E-state index contributed by atoms with van der Waals surface area (Å²) < 4.78 is 4.99. The van der Waals surface area contributed by atoms with E-state index in [1.807, 2.05) is 0 Å². The number of unbranched alkanes of at least 4 members (excludes halogenated alkanes) is 9. The highest BCUT2D eigenvalue weighted by atomic mass is 32.2. The van der Waals surface area contributed by atoms with Gasteiger partial charge in [0, 0.05) is 0 Å². The lowest BCUT2D eigenvalue weighted by molar-refractivity contribution is -0.113. The van der Waals surface area contributed by atoms with Gasteiger partial charge in [-0.15, -0.1) is 0 Å². The molecule has 7 heteroatoms. The zero-order valence-corrected chi connectivity index (χ0v) is 19.3. The highest BCUT2D eigenvalue weighted by Crippen LogP contribution is 2.23. The van der Waals surface area contributed by atoms with Crippen LogP contribution in [0.1, 0.15) is 93.4 Å². The Kier molecular flexibility index (Phi) is 14.1. The molecule has 1 aromatic heterocycles. The van der Waals surface area contributed by atoms with E-state index in [0.717, 1.165) is 12.2 Å². The fourth-order valence-electron chi connectivity index (χ4n) is 2.85. The number of carbonyl (C=O) groups excluding carboxylic acids is 2. The second-order valence-electron chi connectivity index (χ2n) is 6.94. The topological polar surface area (TPSA) is 68.3 Å². The first-order valence-corrected chi connectivity index (χ1v) is 12.6. The van der Waals surface area contributed by atoms with Gasteiger partial charge in [-0.3, -0.25) is 4.79 Å². The number of nitrogens with one attached hydrogen (secondary N) is 1. The van der Waals surface area contributed by atoms with Gasteiger partial charge in [0.2, 0.25) is 5.91 Å². The predicted octanol–water partition coefficient (Wildman–Crippen LogP) is 6.22. The van der Waals surface area contributed by atoms with Gasteiger partial charge < -0.3 is 10.1 Å². The van der Waals surface area contributed by atoms with Gasteiger partial charge in [-0.25, -0.2) is 9.78 Å². The molecule has 0 spiro atoms. The quantitative estimate of drug-likeness (QED) is 0.250. The summed E-state index contributed by atoms with van der Waals surface area (Å²) in [5.74, 6) is 0.981. The van der Waals surface area contributed by atoms with Crippen LogP contribution in [0.2, 0.25) is 0 Å². The fourth-order valence-corrected chi connectivity index (χ4v) is 4.53. The zero-order valence-electron chi connectivity index (χ0n) is 17.7. The van der Waals surface area contributed by atoms with Gasteiger partial charge in [0.25, 0.3) is 0 Å². The number of aromatic nitrogens is 1. The molecule has 0 aliphatic carbocycles. The Morgan fingerprint density at radius 3 is 2.21 bits per heavy atom. The van der Waals surface area contributed by atoms with Crippen molar-refractivity contribution in [2.45, 2.75) is 85.0 Å². The van der Waals surface area contributed by atoms with E-state index in [-0.39, 0.29) is 11.9 Å². The van der Waals surface area contributed by atoms with E-state index < -0.39 is 0 Å². The van der Waals surface area contributed by atoms with E-state index >= 15 is 0 Å². The minimum Gasteiger partial charge on any atom is -0.462 e. The monoisotopic (exact) mass is 428 g/mol. The second kappa shape index (κ2) is 15.8. The van der Waals surface area contributed by atoms with Gasteiger partial charge in [0.15, 0.2) is 5.13 Å². The van der Waals surface area contributed by atoms with Gasteiger partial charge in [0.05, 0.1) is 18.1 Å². The van der Waals surface area contributed by atoms with E-state index in [9.17, 15) is 9.59 Å². The smallest absolute Gasteiger partial charge is 0.350 e. The highest BCUT2D eigenvalue weighted by Gasteiger charge is 2.17. The summed E-state index contributed by atoms with van der Waals surface area (Å²) in [6, 6.07) is 0. The Labute approximate surface area is 178 Å². The van der Waals surface area contributed by atoms with Crippen LogP contribution in [0, 0.1) is 6.92 Å². The molecule has 0 aliphatic rings. The van der Waals surface area contributed by atoms with Crippen molar-refractivity contribution in [1.29, 1.82) is 0 Å². The summed E-state index contributed by atoms with van der Waals surface area (Å²) in [4.78, 5) is 28.5. The second-order valence-corrected chi connectivity index (χ2v) is 9.04. The summed E-state index contributed by atoms with van der Waals surface area (Å²) in [6.07, 6.45) is 13.3. The molecule has 1 aromatic rings. The number of hydrogen-bond acceptors (Lipinski definition) is 6. The number of carbonyl (C=O) groups is 2. The number of amides is 1. The molecule has 1 amide bonds. The summed E-state index contributed by atoms with van der Waals surface area (Å²) >= 11 is 2.83. The molecule has 0 fully saturated rings. The van der Waals surface area contributed by atoms with Gasteiger partial charge in [-0.1, -0.05) is 76.0 Å². The largest absolute Gasteiger partial charge is 0.462 e. The maximum absolute atomic E-state index is 12.0.